The largest absolute Gasteiger partial charge is 0.302 e. The van der Waals surface area contributed by atoms with E-state index in [1.165, 1.54) is 6.08 Å². The summed E-state index contributed by atoms with van der Waals surface area (Å²) in [6, 6.07) is 0. The van der Waals surface area contributed by atoms with Gasteiger partial charge < -0.3 is 4.55 Å². The maximum absolute atomic E-state index is 9.87. The Bertz CT molecular complexity index is 117. The summed E-state index contributed by atoms with van der Waals surface area (Å²) in [6.45, 7) is 6.43. The van der Waals surface area contributed by atoms with Crippen LogP contribution in [0.4, 0.5) is 0 Å². The van der Waals surface area contributed by atoms with Crippen molar-refractivity contribution in [2.75, 3.05) is 0 Å². The van der Waals surface area contributed by atoms with Gasteiger partial charge in [-0.3, -0.25) is 0 Å². The smallest absolute Gasteiger partial charge is 0.185 e. The van der Waals surface area contributed by atoms with E-state index in [9.17, 15) is 4.21 Å². The molecule has 40 valence electrons. The van der Waals surface area contributed by atoms with E-state index in [4.69, 9.17) is 4.55 Å². The van der Waals surface area contributed by atoms with Crippen LogP contribution in [0.5, 0.6) is 0 Å². The van der Waals surface area contributed by atoms with E-state index in [-0.39, 0.29) is 4.91 Å². The van der Waals surface area contributed by atoms with Crippen molar-refractivity contribution in [2.24, 2.45) is 0 Å². The first-order chi connectivity index (χ1) is 3.18. The van der Waals surface area contributed by atoms with Crippen LogP contribution in [0.1, 0.15) is 0 Å². The highest BCUT2D eigenvalue weighted by Gasteiger charge is 1.89. The van der Waals surface area contributed by atoms with Crippen molar-refractivity contribution >= 4 is 11.1 Å². The summed E-state index contributed by atoms with van der Waals surface area (Å²) in [5, 5.41) is 0. The third kappa shape index (κ3) is 2.31. The van der Waals surface area contributed by atoms with Crippen LogP contribution in [0, 0.1) is 0 Å². The molecule has 1 atom stereocenters. The fourth-order valence-corrected chi connectivity index (χ4v) is 0.214. The lowest BCUT2D eigenvalue weighted by Crippen LogP contribution is -1.84. The van der Waals surface area contributed by atoms with Crippen LogP contribution < -0.4 is 0 Å². The van der Waals surface area contributed by atoms with E-state index in [1.54, 1.807) is 0 Å². The lowest BCUT2D eigenvalue weighted by atomic mass is 10.6. The van der Waals surface area contributed by atoms with Crippen LogP contribution in [0.15, 0.2) is 24.1 Å². The molecule has 0 aliphatic carbocycles. The SMILES string of the molecule is C=CC(=C)S(=O)O. The van der Waals surface area contributed by atoms with Crippen molar-refractivity contribution in [3.8, 4) is 0 Å². The first-order valence-electron chi connectivity index (χ1n) is 1.60. The van der Waals surface area contributed by atoms with Crippen LogP contribution in [-0.2, 0) is 11.1 Å². The van der Waals surface area contributed by atoms with Crippen molar-refractivity contribution in [1.82, 2.24) is 0 Å². The minimum Gasteiger partial charge on any atom is -0.302 e. The third-order valence-corrected chi connectivity index (χ3v) is 1.07. The molecule has 0 amide bonds. The van der Waals surface area contributed by atoms with Gasteiger partial charge in [-0.25, -0.2) is 4.21 Å². The Morgan fingerprint density at radius 2 is 2.29 bits per heavy atom. The molecule has 0 spiro atoms. The molecule has 0 aromatic carbocycles. The highest BCUT2D eigenvalue weighted by Crippen LogP contribution is 1.92. The predicted octanol–water partition coefficient (Wildman–Crippen LogP) is 0.908. The summed E-state index contributed by atoms with van der Waals surface area (Å²) in [6.07, 6.45) is 1.25. The molecule has 0 aromatic heterocycles. The molecule has 0 radical (unpaired) electrons. The van der Waals surface area contributed by atoms with Gasteiger partial charge in [-0.05, 0) is 0 Å². The first-order valence-corrected chi connectivity index (χ1v) is 2.71. The monoisotopic (exact) mass is 118 g/mol. The molecule has 0 aliphatic rings. The number of allylic oxidation sites excluding steroid dienone is 1. The van der Waals surface area contributed by atoms with Gasteiger partial charge in [0.25, 0.3) is 0 Å². The van der Waals surface area contributed by atoms with E-state index >= 15 is 0 Å². The van der Waals surface area contributed by atoms with E-state index in [1.807, 2.05) is 0 Å². The Labute approximate surface area is 44.8 Å². The Morgan fingerprint density at radius 3 is 2.29 bits per heavy atom. The molecule has 1 unspecified atom stereocenters. The topological polar surface area (TPSA) is 37.3 Å². The van der Waals surface area contributed by atoms with Crippen molar-refractivity contribution in [2.45, 2.75) is 0 Å². The summed E-state index contributed by atoms with van der Waals surface area (Å²) >= 11 is -1.92. The summed E-state index contributed by atoms with van der Waals surface area (Å²) in [4.78, 5) is 0.139. The first kappa shape index (κ1) is 6.59. The third-order valence-electron chi connectivity index (χ3n) is 0.452. The second-order valence-corrected chi connectivity index (χ2v) is 1.94. The average molecular weight is 118 g/mol. The lowest BCUT2D eigenvalue weighted by molar-refractivity contribution is 0.572. The van der Waals surface area contributed by atoms with Crippen LogP contribution >= 0.6 is 0 Å². The zero-order valence-electron chi connectivity index (χ0n) is 3.76. The molecule has 0 aliphatic heterocycles. The van der Waals surface area contributed by atoms with E-state index in [0.29, 0.717) is 0 Å². The van der Waals surface area contributed by atoms with Gasteiger partial charge in [0.15, 0.2) is 11.1 Å². The number of rotatable bonds is 2. The number of hydrogen-bond donors (Lipinski definition) is 1. The van der Waals surface area contributed by atoms with E-state index in [0.717, 1.165) is 0 Å². The summed E-state index contributed by atoms with van der Waals surface area (Å²) < 4.78 is 18.0. The van der Waals surface area contributed by atoms with Gasteiger partial charge in [-0.1, -0.05) is 19.2 Å². The summed E-state index contributed by atoms with van der Waals surface area (Å²) in [5.74, 6) is 0. The standard InChI is InChI=1S/C4H6O2S/c1-3-4(2)7(5)6/h3H,1-2H2,(H,5,6). The summed E-state index contributed by atoms with van der Waals surface area (Å²) in [7, 11) is 0. The van der Waals surface area contributed by atoms with Gasteiger partial charge in [0, 0.05) is 0 Å². The second-order valence-electron chi connectivity index (χ2n) is 0.920. The average Bonchev–Trinajstić information content (AvgIpc) is 1.65. The minimum absolute atomic E-state index is 0.139. The molecule has 2 nitrogen and oxygen atoms in total. The molecule has 1 N–H and O–H groups in total. The van der Waals surface area contributed by atoms with Crippen LogP contribution in [0.25, 0.3) is 0 Å². The molecule has 0 saturated carbocycles. The maximum atomic E-state index is 9.87. The van der Waals surface area contributed by atoms with Crippen LogP contribution in [-0.4, -0.2) is 8.76 Å². The molecule has 0 heterocycles. The van der Waals surface area contributed by atoms with E-state index in [2.05, 4.69) is 13.2 Å². The van der Waals surface area contributed by atoms with Crippen LogP contribution in [0.2, 0.25) is 0 Å². The quantitative estimate of drug-likeness (QED) is 0.432. The minimum atomic E-state index is -1.92. The Morgan fingerprint density at radius 1 is 1.86 bits per heavy atom. The molecule has 0 saturated heterocycles. The molecule has 3 heteroatoms. The maximum Gasteiger partial charge on any atom is 0.185 e. The zero-order valence-corrected chi connectivity index (χ0v) is 4.57. The predicted molar refractivity (Wildman–Crippen MR) is 30.1 cm³/mol. The highest BCUT2D eigenvalue weighted by molar-refractivity contribution is 7.83. The van der Waals surface area contributed by atoms with Gasteiger partial charge in [0.05, 0.1) is 4.91 Å². The van der Waals surface area contributed by atoms with Gasteiger partial charge in [0.1, 0.15) is 0 Å². The number of hydrogen-bond acceptors (Lipinski definition) is 1. The van der Waals surface area contributed by atoms with Gasteiger partial charge in [-0.15, -0.1) is 0 Å². The zero-order chi connectivity index (χ0) is 5.86. The molecule has 0 aromatic rings. The fourth-order valence-electron chi connectivity index (χ4n) is 0.0713. The van der Waals surface area contributed by atoms with Crippen LogP contribution in [0.3, 0.4) is 0 Å². The molecule has 0 fully saturated rings. The van der Waals surface area contributed by atoms with Crippen molar-refractivity contribution in [1.29, 1.82) is 0 Å². The van der Waals surface area contributed by atoms with Crippen molar-refractivity contribution in [3.63, 3.8) is 0 Å². The second kappa shape index (κ2) is 2.71. The van der Waals surface area contributed by atoms with Gasteiger partial charge >= 0.3 is 0 Å². The lowest BCUT2D eigenvalue weighted by Gasteiger charge is -1.84. The van der Waals surface area contributed by atoms with Crippen molar-refractivity contribution < 1.29 is 8.76 Å². The normalized spacial score (nSPS) is 12.7. The molecular weight excluding hydrogens is 112 g/mol. The Balaban J connectivity index is 3.81. The molecule has 7 heavy (non-hydrogen) atoms. The van der Waals surface area contributed by atoms with E-state index < -0.39 is 11.1 Å². The van der Waals surface area contributed by atoms with Gasteiger partial charge in [0.2, 0.25) is 0 Å². The van der Waals surface area contributed by atoms with Gasteiger partial charge in [-0.2, -0.15) is 0 Å². The summed E-state index contributed by atoms with van der Waals surface area (Å²) in [5.41, 5.74) is 0. The Hall–Kier alpha value is -0.410. The Kier molecular flexibility index (Phi) is 2.55. The molecule has 0 bridgehead atoms. The fraction of sp³-hybridized carbons (Fsp3) is 0. The molecular formula is C4H6O2S. The molecule has 0 rings (SSSR count). The highest BCUT2D eigenvalue weighted by atomic mass is 32.2. The van der Waals surface area contributed by atoms with Crippen molar-refractivity contribution in [3.05, 3.63) is 24.1 Å².